The Labute approximate surface area is 195 Å². The first-order valence-corrected chi connectivity index (χ1v) is 13.3. The molecule has 33 heavy (non-hydrogen) atoms. The maximum absolute atomic E-state index is 14.5. The standard InChI is InChI=1S/C25H32FN3O3S/c26-22-8-7-9-23(28-16-5-6-17-28)25(22)27-24(30)15-12-20-10-13-21(14-11-20)33(31,32)29-18-3-1-2-4-19-29/h7-11,13-14H,1-6,12,15-19H2,(H,27,30). The van der Waals surface area contributed by atoms with Crippen molar-refractivity contribution in [3.8, 4) is 0 Å². The van der Waals surface area contributed by atoms with Crippen LogP contribution in [0, 0.1) is 5.82 Å². The summed E-state index contributed by atoms with van der Waals surface area (Å²) in [5, 5.41) is 2.75. The number of anilines is 2. The number of hydrogen-bond donors (Lipinski definition) is 1. The lowest BCUT2D eigenvalue weighted by Crippen LogP contribution is -2.31. The van der Waals surface area contributed by atoms with Gasteiger partial charge in [0.15, 0.2) is 0 Å². The Morgan fingerprint density at radius 3 is 2.18 bits per heavy atom. The van der Waals surface area contributed by atoms with Gasteiger partial charge in [-0.15, -0.1) is 0 Å². The summed E-state index contributed by atoms with van der Waals surface area (Å²) in [4.78, 5) is 15.0. The molecule has 2 aromatic rings. The quantitative estimate of drug-likeness (QED) is 0.640. The van der Waals surface area contributed by atoms with E-state index in [1.807, 2.05) is 6.07 Å². The van der Waals surface area contributed by atoms with Crippen molar-refractivity contribution in [2.24, 2.45) is 0 Å². The van der Waals surface area contributed by atoms with Gasteiger partial charge in [0, 0.05) is 32.6 Å². The van der Waals surface area contributed by atoms with E-state index in [1.54, 1.807) is 34.6 Å². The molecule has 8 heteroatoms. The fourth-order valence-corrected chi connectivity index (χ4v) is 6.09. The van der Waals surface area contributed by atoms with Gasteiger partial charge in [-0.1, -0.05) is 31.0 Å². The Morgan fingerprint density at radius 2 is 1.52 bits per heavy atom. The first-order chi connectivity index (χ1) is 15.9. The van der Waals surface area contributed by atoms with E-state index in [-0.39, 0.29) is 18.0 Å². The zero-order chi connectivity index (χ0) is 23.3. The highest BCUT2D eigenvalue weighted by molar-refractivity contribution is 7.89. The Morgan fingerprint density at radius 1 is 0.879 bits per heavy atom. The SMILES string of the molecule is O=C(CCc1ccc(S(=O)(=O)N2CCCCCC2)cc1)Nc1c(F)cccc1N1CCCC1. The third kappa shape index (κ3) is 5.73. The van der Waals surface area contributed by atoms with Crippen molar-refractivity contribution in [2.75, 3.05) is 36.4 Å². The monoisotopic (exact) mass is 473 g/mol. The van der Waals surface area contributed by atoms with Gasteiger partial charge in [-0.3, -0.25) is 4.79 Å². The molecule has 2 aliphatic rings. The molecule has 0 spiro atoms. The zero-order valence-corrected chi connectivity index (χ0v) is 19.7. The van der Waals surface area contributed by atoms with E-state index in [9.17, 15) is 17.6 Å². The summed E-state index contributed by atoms with van der Waals surface area (Å²) < 4.78 is 41.9. The molecule has 6 nitrogen and oxygen atoms in total. The number of nitrogens with zero attached hydrogens (tertiary/aromatic N) is 2. The molecule has 0 atom stereocenters. The Hall–Kier alpha value is -2.45. The van der Waals surface area contributed by atoms with Crippen LogP contribution in [0.3, 0.4) is 0 Å². The predicted molar refractivity (Wildman–Crippen MR) is 128 cm³/mol. The molecule has 0 radical (unpaired) electrons. The molecule has 1 N–H and O–H groups in total. The van der Waals surface area contributed by atoms with E-state index in [4.69, 9.17) is 0 Å². The second kappa shape index (κ2) is 10.7. The number of carbonyl (C=O) groups excluding carboxylic acids is 1. The number of para-hydroxylation sites is 1. The van der Waals surface area contributed by atoms with Crippen LogP contribution in [0.4, 0.5) is 15.8 Å². The number of halogens is 1. The molecule has 1 amide bonds. The van der Waals surface area contributed by atoms with Crippen LogP contribution < -0.4 is 10.2 Å². The number of rotatable bonds is 7. The van der Waals surface area contributed by atoms with Crippen molar-refractivity contribution in [1.82, 2.24) is 4.31 Å². The van der Waals surface area contributed by atoms with Crippen LogP contribution in [0.25, 0.3) is 0 Å². The van der Waals surface area contributed by atoms with Gasteiger partial charge in [-0.25, -0.2) is 12.8 Å². The van der Waals surface area contributed by atoms with Gasteiger partial charge < -0.3 is 10.2 Å². The van der Waals surface area contributed by atoms with E-state index < -0.39 is 15.8 Å². The number of amides is 1. The van der Waals surface area contributed by atoms with Crippen molar-refractivity contribution in [2.45, 2.75) is 56.3 Å². The number of sulfonamides is 1. The van der Waals surface area contributed by atoms with Gasteiger partial charge in [-0.05, 0) is 61.9 Å². The largest absolute Gasteiger partial charge is 0.370 e. The average molecular weight is 474 g/mol. The zero-order valence-electron chi connectivity index (χ0n) is 18.9. The molecule has 2 saturated heterocycles. The van der Waals surface area contributed by atoms with Gasteiger partial charge in [0.2, 0.25) is 15.9 Å². The molecule has 4 rings (SSSR count). The van der Waals surface area contributed by atoms with Crippen LogP contribution in [0.15, 0.2) is 47.4 Å². The molecular formula is C25H32FN3O3S. The highest BCUT2D eigenvalue weighted by Gasteiger charge is 2.25. The second-order valence-corrected chi connectivity index (χ2v) is 10.8. The lowest BCUT2D eigenvalue weighted by Gasteiger charge is -2.22. The number of benzene rings is 2. The van der Waals surface area contributed by atoms with Crippen LogP contribution >= 0.6 is 0 Å². The van der Waals surface area contributed by atoms with Gasteiger partial charge in [0.05, 0.1) is 10.6 Å². The van der Waals surface area contributed by atoms with Crippen molar-refractivity contribution >= 4 is 27.3 Å². The van der Waals surface area contributed by atoms with E-state index in [1.165, 1.54) is 6.07 Å². The van der Waals surface area contributed by atoms with E-state index >= 15 is 0 Å². The van der Waals surface area contributed by atoms with Gasteiger partial charge >= 0.3 is 0 Å². The van der Waals surface area contributed by atoms with E-state index in [0.717, 1.165) is 62.9 Å². The fourth-order valence-electron chi connectivity index (χ4n) is 4.58. The summed E-state index contributed by atoms with van der Waals surface area (Å²) in [7, 11) is -3.48. The highest BCUT2D eigenvalue weighted by Crippen LogP contribution is 2.31. The highest BCUT2D eigenvalue weighted by atomic mass is 32.2. The van der Waals surface area contributed by atoms with E-state index in [0.29, 0.717) is 24.4 Å². The number of hydrogen-bond acceptors (Lipinski definition) is 4. The van der Waals surface area contributed by atoms with Crippen molar-refractivity contribution in [3.63, 3.8) is 0 Å². The van der Waals surface area contributed by atoms with Crippen LogP contribution in [0.1, 0.15) is 50.5 Å². The smallest absolute Gasteiger partial charge is 0.243 e. The maximum atomic E-state index is 14.5. The first-order valence-electron chi connectivity index (χ1n) is 11.9. The van der Waals surface area contributed by atoms with Crippen LogP contribution in [0.2, 0.25) is 0 Å². The Balaban J connectivity index is 1.37. The van der Waals surface area contributed by atoms with E-state index in [2.05, 4.69) is 10.2 Å². The van der Waals surface area contributed by atoms with Crippen LogP contribution in [-0.2, 0) is 21.2 Å². The predicted octanol–water partition coefficient (Wildman–Crippen LogP) is 4.56. The second-order valence-electron chi connectivity index (χ2n) is 8.84. The molecular weight excluding hydrogens is 441 g/mol. The Bertz CT molecular complexity index is 1060. The summed E-state index contributed by atoms with van der Waals surface area (Å²) in [5.74, 6) is -0.697. The lowest BCUT2D eigenvalue weighted by molar-refractivity contribution is -0.116. The molecule has 0 unspecified atom stereocenters. The molecule has 2 aliphatic heterocycles. The molecule has 0 aromatic heterocycles. The van der Waals surface area contributed by atoms with Gasteiger partial charge in [0.1, 0.15) is 11.5 Å². The molecule has 178 valence electrons. The first kappa shape index (κ1) is 23.7. The summed E-state index contributed by atoms with van der Waals surface area (Å²) >= 11 is 0. The molecule has 2 aromatic carbocycles. The summed E-state index contributed by atoms with van der Waals surface area (Å²) in [6.07, 6.45) is 6.69. The van der Waals surface area contributed by atoms with Crippen LogP contribution in [-0.4, -0.2) is 44.8 Å². The lowest BCUT2D eigenvalue weighted by atomic mass is 10.1. The average Bonchev–Trinajstić information content (AvgIpc) is 3.20. The third-order valence-corrected chi connectivity index (χ3v) is 8.38. The van der Waals surface area contributed by atoms with Gasteiger partial charge in [0.25, 0.3) is 0 Å². The molecule has 2 fully saturated rings. The van der Waals surface area contributed by atoms with Crippen LogP contribution in [0.5, 0.6) is 0 Å². The maximum Gasteiger partial charge on any atom is 0.243 e. The van der Waals surface area contributed by atoms with Crippen molar-refractivity contribution in [3.05, 3.63) is 53.8 Å². The topological polar surface area (TPSA) is 69.7 Å². The molecule has 0 aliphatic carbocycles. The normalized spacial score (nSPS) is 17.7. The number of nitrogens with one attached hydrogen (secondary N) is 1. The van der Waals surface area contributed by atoms with Crippen molar-refractivity contribution < 1.29 is 17.6 Å². The molecule has 2 heterocycles. The minimum atomic E-state index is -3.48. The summed E-state index contributed by atoms with van der Waals surface area (Å²) in [5.41, 5.74) is 1.83. The summed E-state index contributed by atoms with van der Waals surface area (Å²) in [6.45, 7) is 2.86. The number of carbonyl (C=O) groups is 1. The number of aryl methyl sites for hydroxylation is 1. The molecule has 0 bridgehead atoms. The third-order valence-electron chi connectivity index (χ3n) is 6.47. The molecule has 0 saturated carbocycles. The van der Waals surface area contributed by atoms with Crippen molar-refractivity contribution in [1.29, 1.82) is 0 Å². The Kier molecular flexibility index (Phi) is 7.65. The fraction of sp³-hybridized carbons (Fsp3) is 0.480. The summed E-state index contributed by atoms with van der Waals surface area (Å²) in [6, 6.07) is 11.6. The van der Waals surface area contributed by atoms with Gasteiger partial charge in [-0.2, -0.15) is 4.31 Å². The minimum absolute atomic E-state index is 0.187. The minimum Gasteiger partial charge on any atom is -0.370 e.